The summed E-state index contributed by atoms with van der Waals surface area (Å²) in [7, 11) is 0. The summed E-state index contributed by atoms with van der Waals surface area (Å²) in [5.41, 5.74) is 1.09. The number of rotatable bonds is 1. The van der Waals surface area contributed by atoms with E-state index in [-0.39, 0.29) is 0 Å². The standard InChI is InChI=1S/C7H6N2S/c1-2-7(10-5-1)6-3-4-8-9-6/h1-2,4-5H,3H2. The van der Waals surface area contributed by atoms with Gasteiger partial charge < -0.3 is 0 Å². The highest BCUT2D eigenvalue weighted by Gasteiger charge is 2.05. The average Bonchev–Trinajstić information content (AvgIpc) is 2.59. The maximum Gasteiger partial charge on any atom is 0.0855 e. The predicted molar refractivity (Wildman–Crippen MR) is 44.0 cm³/mol. The van der Waals surface area contributed by atoms with Gasteiger partial charge in [0.25, 0.3) is 0 Å². The molecule has 0 spiro atoms. The second-order valence-electron chi connectivity index (χ2n) is 2.03. The van der Waals surface area contributed by atoms with E-state index < -0.39 is 0 Å². The minimum Gasteiger partial charge on any atom is -0.163 e. The van der Waals surface area contributed by atoms with Crippen LogP contribution in [0.5, 0.6) is 0 Å². The van der Waals surface area contributed by atoms with Crippen molar-refractivity contribution in [2.75, 3.05) is 0 Å². The van der Waals surface area contributed by atoms with Crippen LogP contribution in [0.15, 0.2) is 27.7 Å². The molecule has 0 N–H and O–H groups in total. The Bertz CT molecular complexity index is 272. The van der Waals surface area contributed by atoms with E-state index in [1.54, 1.807) is 11.3 Å². The molecule has 1 aliphatic rings. The zero-order chi connectivity index (χ0) is 6.81. The van der Waals surface area contributed by atoms with Crippen LogP contribution in [0.1, 0.15) is 11.3 Å². The lowest BCUT2D eigenvalue weighted by Crippen LogP contribution is -1.92. The molecule has 0 saturated carbocycles. The van der Waals surface area contributed by atoms with E-state index in [1.807, 2.05) is 12.3 Å². The van der Waals surface area contributed by atoms with Gasteiger partial charge in [-0.25, -0.2) is 0 Å². The summed E-state index contributed by atoms with van der Waals surface area (Å²) in [5.74, 6) is 0. The average molecular weight is 150 g/mol. The van der Waals surface area contributed by atoms with Crippen LogP contribution < -0.4 is 0 Å². The fraction of sp³-hybridized carbons (Fsp3) is 0.143. The molecule has 0 aliphatic carbocycles. The smallest absolute Gasteiger partial charge is 0.0855 e. The molecule has 0 atom stereocenters. The van der Waals surface area contributed by atoms with Crippen LogP contribution >= 0.6 is 11.3 Å². The van der Waals surface area contributed by atoms with Crippen LogP contribution in [0.2, 0.25) is 0 Å². The van der Waals surface area contributed by atoms with Crippen molar-refractivity contribution in [3.63, 3.8) is 0 Å². The Morgan fingerprint density at radius 2 is 2.50 bits per heavy atom. The van der Waals surface area contributed by atoms with Gasteiger partial charge in [-0.05, 0) is 11.4 Å². The lowest BCUT2D eigenvalue weighted by atomic mass is 10.2. The van der Waals surface area contributed by atoms with Gasteiger partial charge in [0.15, 0.2) is 0 Å². The molecule has 0 unspecified atom stereocenters. The predicted octanol–water partition coefficient (Wildman–Crippen LogP) is 1.93. The van der Waals surface area contributed by atoms with Crippen molar-refractivity contribution in [1.82, 2.24) is 0 Å². The highest BCUT2D eigenvalue weighted by molar-refractivity contribution is 7.12. The van der Waals surface area contributed by atoms with Gasteiger partial charge in [-0.15, -0.1) is 11.3 Å². The summed E-state index contributed by atoms with van der Waals surface area (Å²) < 4.78 is 0. The molecule has 1 aromatic heterocycles. The van der Waals surface area contributed by atoms with E-state index in [0.717, 1.165) is 12.1 Å². The summed E-state index contributed by atoms with van der Waals surface area (Å²) in [6, 6.07) is 4.10. The first-order chi connectivity index (χ1) is 4.97. The normalized spacial score (nSPS) is 15.8. The number of nitrogens with zero attached hydrogens (tertiary/aromatic N) is 2. The monoisotopic (exact) mass is 150 g/mol. The molecule has 2 nitrogen and oxygen atoms in total. The van der Waals surface area contributed by atoms with Crippen molar-refractivity contribution in [1.29, 1.82) is 0 Å². The van der Waals surface area contributed by atoms with Crippen molar-refractivity contribution in [2.24, 2.45) is 10.2 Å². The molecule has 0 aromatic carbocycles. The highest BCUT2D eigenvalue weighted by Crippen LogP contribution is 2.13. The Morgan fingerprint density at radius 3 is 3.10 bits per heavy atom. The summed E-state index contributed by atoms with van der Waals surface area (Å²) in [6.45, 7) is 0. The maximum absolute atomic E-state index is 3.97. The fourth-order valence-corrected chi connectivity index (χ4v) is 1.59. The van der Waals surface area contributed by atoms with E-state index in [1.165, 1.54) is 4.88 Å². The van der Waals surface area contributed by atoms with Gasteiger partial charge in [0.2, 0.25) is 0 Å². The first-order valence-corrected chi connectivity index (χ1v) is 3.97. The van der Waals surface area contributed by atoms with E-state index in [4.69, 9.17) is 0 Å². The molecule has 1 aliphatic heterocycles. The first kappa shape index (κ1) is 5.80. The lowest BCUT2D eigenvalue weighted by molar-refractivity contribution is 1.28. The van der Waals surface area contributed by atoms with Crippen LogP contribution in [0.3, 0.4) is 0 Å². The Balaban J connectivity index is 2.30. The fourth-order valence-electron chi connectivity index (χ4n) is 0.871. The third-order valence-electron chi connectivity index (χ3n) is 1.35. The van der Waals surface area contributed by atoms with Crippen LogP contribution in [-0.2, 0) is 0 Å². The van der Waals surface area contributed by atoms with E-state index in [9.17, 15) is 0 Å². The van der Waals surface area contributed by atoms with Crippen LogP contribution in [0.25, 0.3) is 0 Å². The molecule has 3 heteroatoms. The van der Waals surface area contributed by atoms with Crippen molar-refractivity contribution >= 4 is 23.3 Å². The third kappa shape index (κ3) is 0.885. The quantitative estimate of drug-likeness (QED) is 0.584. The zero-order valence-electron chi connectivity index (χ0n) is 5.32. The topological polar surface area (TPSA) is 24.7 Å². The van der Waals surface area contributed by atoms with Gasteiger partial charge in [0, 0.05) is 12.6 Å². The summed E-state index contributed by atoms with van der Waals surface area (Å²) in [4.78, 5) is 1.23. The van der Waals surface area contributed by atoms with Gasteiger partial charge in [-0.1, -0.05) is 6.07 Å². The molecule has 2 heterocycles. The first-order valence-electron chi connectivity index (χ1n) is 3.09. The van der Waals surface area contributed by atoms with Gasteiger partial charge in [0.1, 0.15) is 0 Å². The van der Waals surface area contributed by atoms with Crippen LogP contribution in [0.4, 0.5) is 0 Å². The number of thiophene rings is 1. The molecule has 0 radical (unpaired) electrons. The largest absolute Gasteiger partial charge is 0.163 e. The van der Waals surface area contributed by atoms with Crippen molar-refractivity contribution in [3.05, 3.63) is 22.4 Å². The van der Waals surface area contributed by atoms with Gasteiger partial charge in [-0.3, -0.25) is 0 Å². The minimum absolute atomic E-state index is 0.889. The molecule has 0 amide bonds. The Labute approximate surface area is 62.9 Å². The van der Waals surface area contributed by atoms with Crippen molar-refractivity contribution < 1.29 is 0 Å². The molecular weight excluding hydrogens is 144 g/mol. The molecule has 0 bridgehead atoms. The van der Waals surface area contributed by atoms with Gasteiger partial charge in [0.05, 0.1) is 10.6 Å². The second kappa shape index (κ2) is 2.34. The molecule has 0 saturated heterocycles. The molecule has 1 aromatic rings. The number of hydrogen-bond donors (Lipinski definition) is 0. The molecule has 10 heavy (non-hydrogen) atoms. The number of hydrogen-bond acceptors (Lipinski definition) is 3. The third-order valence-corrected chi connectivity index (χ3v) is 2.27. The highest BCUT2D eigenvalue weighted by atomic mass is 32.1. The zero-order valence-corrected chi connectivity index (χ0v) is 6.14. The molecular formula is C7H6N2S. The Hall–Kier alpha value is -0.960. The van der Waals surface area contributed by atoms with E-state index >= 15 is 0 Å². The minimum atomic E-state index is 0.889. The Kier molecular flexibility index (Phi) is 1.36. The van der Waals surface area contributed by atoms with E-state index in [0.29, 0.717) is 0 Å². The summed E-state index contributed by atoms with van der Waals surface area (Å²) in [5, 5.41) is 9.82. The summed E-state index contributed by atoms with van der Waals surface area (Å²) >= 11 is 1.71. The van der Waals surface area contributed by atoms with Crippen molar-refractivity contribution in [3.8, 4) is 0 Å². The second-order valence-corrected chi connectivity index (χ2v) is 2.97. The van der Waals surface area contributed by atoms with Crippen LogP contribution in [-0.4, -0.2) is 11.9 Å². The molecule has 50 valence electrons. The molecule has 2 rings (SSSR count). The Morgan fingerprint density at radius 1 is 1.50 bits per heavy atom. The van der Waals surface area contributed by atoms with Gasteiger partial charge in [-0.2, -0.15) is 10.2 Å². The SMILES string of the molecule is C1=NN=C(c2cccs2)C1. The van der Waals surface area contributed by atoms with E-state index in [2.05, 4.69) is 21.6 Å². The van der Waals surface area contributed by atoms with Crippen LogP contribution in [0, 0.1) is 0 Å². The van der Waals surface area contributed by atoms with Crippen molar-refractivity contribution in [2.45, 2.75) is 6.42 Å². The summed E-state index contributed by atoms with van der Waals surface area (Å²) in [6.07, 6.45) is 2.72. The maximum atomic E-state index is 3.97. The lowest BCUT2D eigenvalue weighted by Gasteiger charge is -1.88. The van der Waals surface area contributed by atoms with Gasteiger partial charge >= 0.3 is 0 Å². The molecule has 0 fully saturated rings.